The van der Waals surface area contributed by atoms with Crippen molar-refractivity contribution in [2.75, 3.05) is 19.2 Å². The summed E-state index contributed by atoms with van der Waals surface area (Å²) >= 11 is 1.33. The van der Waals surface area contributed by atoms with Gasteiger partial charge in [0.1, 0.15) is 6.61 Å². The maximum Gasteiger partial charge on any atom is 0.338 e. The molecule has 2 aromatic carbocycles. The maximum absolute atomic E-state index is 11.8. The Morgan fingerprint density at radius 2 is 1.92 bits per heavy atom. The third-order valence-electron chi connectivity index (χ3n) is 3.58. The fourth-order valence-electron chi connectivity index (χ4n) is 2.34. The zero-order valence-corrected chi connectivity index (χ0v) is 14.4. The van der Waals surface area contributed by atoms with Gasteiger partial charge in [-0.3, -0.25) is 0 Å². The lowest BCUT2D eigenvalue weighted by Crippen LogP contribution is -2.07. The summed E-state index contributed by atoms with van der Waals surface area (Å²) in [6, 6.07) is 14.3. The van der Waals surface area contributed by atoms with E-state index < -0.39 is 0 Å². The van der Waals surface area contributed by atoms with Crippen molar-refractivity contribution in [2.45, 2.75) is 5.22 Å². The van der Waals surface area contributed by atoms with Gasteiger partial charge in [0.05, 0.1) is 5.56 Å². The van der Waals surface area contributed by atoms with Gasteiger partial charge in [-0.25, -0.2) is 4.79 Å². The number of esters is 1. The van der Waals surface area contributed by atoms with Crippen molar-refractivity contribution in [1.29, 1.82) is 0 Å². The Labute approximate surface area is 153 Å². The second-order valence-corrected chi connectivity index (χ2v) is 6.34. The molecule has 0 fully saturated rings. The predicted molar refractivity (Wildman–Crippen MR) is 93.3 cm³/mol. The van der Waals surface area contributed by atoms with Crippen LogP contribution in [0, 0.1) is 0 Å². The molecule has 26 heavy (non-hydrogen) atoms. The predicted octanol–water partition coefficient (Wildman–Crippen LogP) is 3.41. The van der Waals surface area contributed by atoms with Crippen LogP contribution in [-0.4, -0.2) is 35.3 Å². The van der Waals surface area contributed by atoms with E-state index in [2.05, 4.69) is 10.2 Å². The van der Waals surface area contributed by atoms with Gasteiger partial charge in [-0.15, -0.1) is 10.2 Å². The number of nitrogens with zero attached hydrogens (tertiary/aromatic N) is 2. The highest BCUT2D eigenvalue weighted by atomic mass is 32.2. The van der Waals surface area contributed by atoms with Gasteiger partial charge in [-0.05, 0) is 30.3 Å². The number of carbonyl (C=O) groups excluding carboxylic acids is 1. The molecule has 3 aromatic rings. The molecule has 2 heterocycles. The van der Waals surface area contributed by atoms with Crippen LogP contribution in [0.5, 0.6) is 11.5 Å². The summed E-state index contributed by atoms with van der Waals surface area (Å²) in [5, 5.41) is 8.44. The molecule has 0 saturated heterocycles. The van der Waals surface area contributed by atoms with Crippen molar-refractivity contribution >= 4 is 17.7 Å². The lowest BCUT2D eigenvalue weighted by atomic mass is 10.2. The van der Waals surface area contributed by atoms with E-state index in [1.54, 1.807) is 36.4 Å². The third kappa shape index (κ3) is 3.65. The number of fused-ring (bicyclic) bond motifs is 1. The van der Waals surface area contributed by atoms with Gasteiger partial charge in [0.15, 0.2) is 11.5 Å². The summed E-state index contributed by atoms with van der Waals surface area (Å²) < 4.78 is 21.5. The Kier molecular flexibility index (Phi) is 4.74. The second-order valence-electron chi connectivity index (χ2n) is 5.29. The minimum atomic E-state index is -0.349. The van der Waals surface area contributed by atoms with E-state index in [0.29, 0.717) is 33.9 Å². The third-order valence-corrected chi connectivity index (χ3v) is 4.36. The molecule has 1 aliphatic rings. The number of hydrogen-bond donors (Lipinski definition) is 0. The van der Waals surface area contributed by atoms with Crippen molar-refractivity contribution in [1.82, 2.24) is 10.2 Å². The average molecular weight is 370 g/mol. The summed E-state index contributed by atoms with van der Waals surface area (Å²) in [4.78, 5) is 11.8. The largest absolute Gasteiger partial charge is 0.461 e. The van der Waals surface area contributed by atoms with Crippen LogP contribution in [0.3, 0.4) is 0 Å². The Hall–Kier alpha value is -3.00. The number of benzene rings is 2. The highest BCUT2D eigenvalue weighted by Crippen LogP contribution is 2.35. The summed E-state index contributed by atoms with van der Waals surface area (Å²) in [6.45, 7) is 0.464. The standard InChI is InChI=1S/C18H14N2O5S/c21-17(12-4-2-1-3-5-12)22-8-9-26-18-20-19-16(25-18)13-6-7-14-15(10-13)24-11-23-14/h1-7,10H,8-9,11H2. The smallest absolute Gasteiger partial charge is 0.338 e. The van der Waals surface area contributed by atoms with Crippen molar-refractivity contribution < 1.29 is 23.4 Å². The molecule has 0 amide bonds. The van der Waals surface area contributed by atoms with Crippen LogP contribution in [0.25, 0.3) is 11.5 Å². The van der Waals surface area contributed by atoms with Crippen LogP contribution in [0.4, 0.5) is 0 Å². The molecular formula is C18H14N2O5S. The van der Waals surface area contributed by atoms with E-state index in [1.807, 2.05) is 12.1 Å². The molecule has 7 nitrogen and oxygen atoms in total. The number of aromatic nitrogens is 2. The molecule has 0 spiro atoms. The monoisotopic (exact) mass is 370 g/mol. The second kappa shape index (κ2) is 7.49. The molecule has 0 N–H and O–H groups in total. The molecule has 0 radical (unpaired) electrons. The Bertz CT molecular complexity index is 913. The molecule has 0 bridgehead atoms. The molecule has 0 atom stereocenters. The fourth-order valence-corrected chi connectivity index (χ4v) is 2.91. The number of rotatable bonds is 6. The van der Waals surface area contributed by atoms with E-state index in [1.165, 1.54) is 11.8 Å². The first-order valence-corrected chi connectivity index (χ1v) is 8.87. The molecular weight excluding hydrogens is 356 g/mol. The Morgan fingerprint density at radius 3 is 2.81 bits per heavy atom. The highest BCUT2D eigenvalue weighted by Gasteiger charge is 2.17. The van der Waals surface area contributed by atoms with E-state index in [4.69, 9.17) is 18.6 Å². The van der Waals surface area contributed by atoms with Crippen molar-refractivity contribution in [3.05, 3.63) is 54.1 Å². The van der Waals surface area contributed by atoms with Gasteiger partial charge in [0, 0.05) is 11.3 Å². The van der Waals surface area contributed by atoms with Gasteiger partial charge in [0.25, 0.3) is 5.22 Å². The molecule has 0 saturated carbocycles. The van der Waals surface area contributed by atoms with E-state index in [0.717, 1.165) is 5.56 Å². The SMILES string of the molecule is O=C(OCCSc1nnc(-c2ccc3c(c2)OCO3)o1)c1ccccc1. The number of carbonyl (C=O) groups is 1. The molecule has 4 rings (SSSR count). The molecule has 0 unspecified atom stereocenters. The van der Waals surface area contributed by atoms with Gasteiger partial charge in [-0.1, -0.05) is 30.0 Å². The zero-order chi connectivity index (χ0) is 17.8. The van der Waals surface area contributed by atoms with E-state index in [9.17, 15) is 4.79 Å². The van der Waals surface area contributed by atoms with Crippen LogP contribution in [0.1, 0.15) is 10.4 Å². The van der Waals surface area contributed by atoms with Gasteiger partial charge < -0.3 is 18.6 Å². The summed E-state index contributed by atoms with van der Waals surface area (Å²) in [5.41, 5.74) is 1.28. The molecule has 1 aliphatic heterocycles. The number of hydrogen-bond acceptors (Lipinski definition) is 8. The first-order chi connectivity index (χ1) is 12.8. The normalized spacial score (nSPS) is 12.2. The minimum Gasteiger partial charge on any atom is -0.461 e. The summed E-state index contributed by atoms with van der Waals surface area (Å²) in [7, 11) is 0. The molecule has 1 aromatic heterocycles. The minimum absolute atomic E-state index is 0.214. The molecule has 0 aliphatic carbocycles. The fraction of sp³-hybridized carbons (Fsp3) is 0.167. The van der Waals surface area contributed by atoms with Crippen LogP contribution in [-0.2, 0) is 4.74 Å². The van der Waals surface area contributed by atoms with Gasteiger partial charge >= 0.3 is 5.97 Å². The Morgan fingerprint density at radius 1 is 1.08 bits per heavy atom. The van der Waals surface area contributed by atoms with Crippen molar-refractivity contribution in [2.24, 2.45) is 0 Å². The average Bonchev–Trinajstić information content (AvgIpc) is 3.34. The lowest BCUT2D eigenvalue weighted by molar-refractivity contribution is 0.0530. The molecule has 132 valence electrons. The summed E-state index contributed by atoms with van der Waals surface area (Å²) in [6.07, 6.45) is 0. The highest BCUT2D eigenvalue weighted by molar-refractivity contribution is 7.99. The zero-order valence-electron chi connectivity index (χ0n) is 13.6. The number of ether oxygens (including phenoxy) is 3. The van der Waals surface area contributed by atoms with Gasteiger partial charge in [-0.2, -0.15) is 0 Å². The quantitative estimate of drug-likeness (QED) is 0.371. The first kappa shape index (κ1) is 16.5. The van der Waals surface area contributed by atoms with Crippen LogP contribution in [0.15, 0.2) is 58.2 Å². The van der Waals surface area contributed by atoms with E-state index in [-0.39, 0.29) is 19.4 Å². The molecule has 8 heteroatoms. The van der Waals surface area contributed by atoms with Crippen molar-refractivity contribution in [3.63, 3.8) is 0 Å². The van der Waals surface area contributed by atoms with Gasteiger partial charge in [0.2, 0.25) is 12.7 Å². The number of thioether (sulfide) groups is 1. The maximum atomic E-state index is 11.8. The van der Waals surface area contributed by atoms with Crippen molar-refractivity contribution in [3.8, 4) is 23.0 Å². The van der Waals surface area contributed by atoms with E-state index >= 15 is 0 Å². The topological polar surface area (TPSA) is 83.7 Å². The first-order valence-electron chi connectivity index (χ1n) is 7.88. The van der Waals surface area contributed by atoms with Crippen LogP contribution >= 0.6 is 11.8 Å². The van der Waals surface area contributed by atoms with Crippen LogP contribution < -0.4 is 9.47 Å². The summed E-state index contributed by atoms with van der Waals surface area (Å²) in [5.74, 6) is 1.91. The van der Waals surface area contributed by atoms with Crippen LogP contribution in [0.2, 0.25) is 0 Å². The lowest BCUT2D eigenvalue weighted by Gasteiger charge is -2.03. The Balaban J connectivity index is 1.29.